The number of halogens is 1. The SMILES string of the molecule is COCc1cccc(NC(=O)CN(c2ccc(C)c(Cl)c2)S(C)(=O)=O)c1. The Morgan fingerprint density at radius 2 is 1.96 bits per heavy atom. The Hall–Kier alpha value is -2.09. The summed E-state index contributed by atoms with van der Waals surface area (Å²) in [4.78, 5) is 12.4. The maximum Gasteiger partial charge on any atom is 0.245 e. The second kappa shape index (κ2) is 8.53. The van der Waals surface area contributed by atoms with Crippen LogP contribution in [-0.4, -0.2) is 34.2 Å². The molecule has 0 fully saturated rings. The van der Waals surface area contributed by atoms with Gasteiger partial charge in [-0.3, -0.25) is 9.10 Å². The lowest BCUT2D eigenvalue weighted by Gasteiger charge is -2.22. The maximum absolute atomic E-state index is 12.4. The highest BCUT2D eigenvalue weighted by Crippen LogP contribution is 2.25. The smallest absolute Gasteiger partial charge is 0.245 e. The first-order chi connectivity index (χ1) is 12.2. The quantitative estimate of drug-likeness (QED) is 0.779. The number of carbonyl (C=O) groups is 1. The Bertz CT molecular complexity index is 900. The van der Waals surface area contributed by atoms with Crippen molar-refractivity contribution >= 4 is 38.9 Å². The first-order valence-electron chi connectivity index (χ1n) is 7.82. The van der Waals surface area contributed by atoms with Gasteiger partial charge in [0.2, 0.25) is 15.9 Å². The number of benzene rings is 2. The molecule has 0 aliphatic carbocycles. The fourth-order valence-electron chi connectivity index (χ4n) is 2.37. The van der Waals surface area contributed by atoms with Crippen molar-refractivity contribution in [3.8, 4) is 0 Å². The highest BCUT2D eigenvalue weighted by molar-refractivity contribution is 7.92. The summed E-state index contributed by atoms with van der Waals surface area (Å²) in [5.74, 6) is -0.457. The van der Waals surface area contributed by atoms with Crippen LogP contribution in [0.25, 0.3) is 0 Å². The number of hydrogen-bond donors (Lipinski definition) is 1. The fourth-order valence-corrected chi connectivity index (χ4v) is 3.40. The van der Waals surface area contributed by atoms with Gasteiger partial charge in [0, 0.05) is 17.8 Å². The van der Waals surface area contributed by atoms with E-state index in [0.29, 0.717) is 23.0 Å². The van der Waals surface area contributed by atoms with Crippen molar-refractivity contribution in [2.24, 2.45) is 0 Å². The van der Waals surface area contributed by atoms with E-state index in [2.05, 4.69) is 5.32 Å². The Kier molecular flexibility index (Phi) is 6.63. The van der Waals surface area contributed by atoms with E-state index in [0.717, 1.165) is 21.7 Å². The Labute approximate surface area is 158 Å². The summed E-state index contributed by atoms with van der Waals surface area (Å²) in [6.07, 6.45) is 1.05. The number of nitrogens with one attached hydrogen (secondary N) is 1. The normalized spacial score (nSPS) is 11.2. The van der Waals surface area contributed by atoms with E-state index in [1.165, 1.54) is 6.07 Å². The topological polar surface area (TPSA) is 75.7 Å². The first kappa shape index (κ1) is 20.2. The monoisotopic (exact) mass is 396 g/mol. The molecule has 0 radical (unpaired) electrons. The van der Waals surface area contributed by atoms with Gasteiger partial charge in [-0.15, -0.1) is 0 Å². The summed E-state index contributed by atoms with van der Waals surface area (Å²) < 4.78 is 30.4. The number of carbonyl (C=O) groups excluding carboxylic acids is 1. The number of methoxy groups -OCH3 is 1. The van der Waals surface area contributed by atoms with Crippen molar-refractivity contribution < 1.29 is 17.9 Å². The molecule has 26 heavy (non-hydrogen) atoms. The van der Waals surface area contributed by atoms with Crippen LogP contribution in [0.1, 0.15) is 11.1 Å². The second-order valence-corrected chi connectivity index (χ2v) is 8.20. The van der Waals surface area contributed by atoms with Gasteiger partial charge in [0.1, 0.15) is 6.54 Å². The molecule has 8 heteroatoms. The lowest BCUT2D eigenvalue weighted by atomic mass is 10.2. The van der Waals surface area contributed by atoms with E-state index in [1.54, 1.807) is 37.4 Å². The highest BCUT2D eigenvalue weighted by atomic mass is 35.5. The molecule has 0 spiro atoms. The standard InChI is InChI=1S/C18H21ClN2O4S/c1-13-7-8-16(10-17(13)19)21(26(3,23)24)11-18(22)20-15-6-4-5-14(9-15)12-25-2/h4-10H,11-12H2,1-3H3,(H,20,22). The zero-order chi connectivity index (χ0) is 19.3. The minimum Gasteiger partial charge on any atom is -0.380 e. The summed E-state index contributed by atoms with van der Waals surface area (Å²) in [6.45, 7) is 1.88. The van der Waals surface area contributed by atoms with Crippen molar-refractivity contribution in [2.45, 2.75) is 13.5 Å². The Morgan fingerprint density at radius 1 is 1.23 bits per heavy atom. The molecule has 0 heterocycles. The van der Waals surface area contributed by atoms with E-state index >= 15 is 0 Å². The zero-order valence-electron chi connectivity index (χ0n) is 14.8. The molecule has 0 aromatic heterocycles. The minimum absolute atomic E-state index is 0.339. The van der Waals surface area contributed by atoms with E-state index in [9.17, 15) is 13.2 Å². The van der Waals surface area contributed by atoms with E-state index in [-0.39, 0.29) is 6.54 Å². The lowest BCUT2D eigenvalue weighted by molar-refractivity contribution is -0.114. The van der Waals surface area contributed by atoms with Crippen LogP contribution in [0.4, 0.5) is 11.4 Å². The van der Waals surface area contributed by atoms with Gasteiger partial charge in [-0.1, -0.05) is 29.8 Å². The number of hydrogen-bond acceptors (Lipinski definition) is 4. The molecule has 2 aromatic rings. The molecule has 140 valence electrons. The van der Waals surface area contributed by atoms with Crippen LogP contribution in [0, 0.1) is 6.92 Å². The number of anilines is 2. The van der Waals surface area contributed by atoms with Crippen molar-refractivity contribution in [2.75, 3.05) is 29.5 Å². The Balaban J connectivity index is 2.19. The van der Waals surface area contributed by atoms with E-state index in [4.69, 9.17) is 16.3 Å². The van der Waals surface area contributed by atoms with Crippen LogP contribution in [0.2, 0.25) is 5.02 Å². The lowest BCUT2D eigenvalue weighted by Crippen LogP contribution is -2.37. The molecule has 0 atom stereocenters. The average molecular weight is 397 g/mol. The second-order valence-electron chi connectivity index (χ2n) is 5.88. The highest BCUT2D eigenvalue weighted by Gasteiger charge is 2.21. The van der Waals surface area contributed by atoms with Crippen LogP contribution >= 0.6 is 11.6 Å². The number of nitrogens with zero attached hydrogens (tertiary/aromatic N) is 1. The Morgan fingerprint density at radius 3 is 2.58 bits per heavy atom. The van der Waals surface area contributed by atoms with Gasteiger partial charge in [-0.25, -0.2) is 8.42 Å². The third-order valence-corrected chi connectivity index (χ3v) is 5.20. The molecule has 0 saturated carbocycles. The number of ether oxygens (including phenoxy) is 1. The predicted molar refractivity (Wildman–Crippen MR) is 104 cm³/mol. The largest absolute Gasteiger partial charge is 0.380 e. The number of amides is 1. The maximum atomic E-state index is 12.4. The molecule has 0 aliphatic rings. The fraction of sp³-hybridized carbons (Fsp3) is 0.278. The third kappa shape index (κ3) is 5.45. The van der Waals surface area contributed by atoms with Gasteiger partial charge < -0.3 is 10.1 Å². The summed E-state index contributed by atoms with van der Waals surface area (Å²) in [6, 6.07) is 12.0. The molecule has 2 rings (SSSR count). The van der Waals surface area contributed by atoms with Crippen LogP contribution in [-0.2, 0) is 26.2 Å². The third-order valence-electron chi connectivity index (χ3n) is 3.65. The predicted octanol–water partition coefficient (Wildman–Crippen LogP) is 3.20. The molecule has 6 nitrogen and oxygen atoms in total. The van der Waals surface area contributed by atoms with Crippen LogP contribution < -0.4 is 9.62 Å². The van der Waals surface area contributed by atoms with Gasteiger partial charge in [0.25, 0.3) is 0 Å². The van der Waals surface area contributed by atoms with Gasteiger partial charge in [-0.05, 0) is 42.3 Å². The van der Waals surface area contributed by atoms with E-state index in [1.807, 2.05) is 13.0 Å². The summed E-state index contributed by atoms with van der Waals surface area (Å²) in [7, 11) is -2.07. The average Bonchev–Trinajstić information content (AvgIpc) is 2.55. The summed E-state index contributed by atoms with van der Waals surface area (Å²) in [5.41, 5.74) is 2.63. The molecule has 1 N–H and O–H groups in total. The van der Waals surface area contributed by atoms with Gasteiger partial charge in [0.05, 0.1) is 18.6 Å². The summed E-state index contributed by atoms with van der Waals surface area (Å²) >= 11 is 6.09. The molecule has 0 aliphatic heterocycles. The molecule has 0 unspecified atom stereocenters. The molecule has 0 bridgehead atoms. The van der Waals surface area contributed by atoms with Crippen molar-refractivity contribution in [3.05, 3.63) is 58.6 Å². The van der Waals surface area contributed by atoms with Crippen LogP contribution in [0.5, 0.6) is 0 Å². The molecule has 0 saturated heterocycles. The molecule has 2 aromatic carbocycles. The number of rotatable bonds is 7. The molecular formula is C18H21ClN2O4S. The van der Waals surface area contributed by atoms with Gasteiger partial charge in [0.15, 0.2) is 0 Å². The van der Waals surface area contributed by atoms with Crippen LogP contribution in [0.15, 0.2) is 42.5 Å². The van der Waals surface area contributed by atoms with Crippen molar-refractivity contribution in [1.82, 2.24) is 0 Å². The van der Waals surface area contributed by atoms with Crippen molar-refractivity contribution in [1.29, 1.82) is 0 Å². The number of sulfonamides is 1. The number of aryl methyl sites for hydroxylation is 1. The van der Waals surface area contributed by atoms with Gasteiger partial charge in [-0.2, -0.15) is 0 Å². The zero-order valence-corrected chi connectivity index (χ0v) is 16.4. The minimum atomic E-state index is -3.66. The molecule has 1 amide bonds. The van der Waals surface area contributed by atoms with Gasteiger partial charge >= 0.3 is 0 Å². The molecular weight excluding hydrogens is 376 g/mol. The van der Waals surface area contributed by atoms with Crippen LogP contribution in [0.3, 0.4) is 0 Å². The summed E-state index contributed by atoms with van der Waals surface area (Å²) in [5, 5.41) is 3.14. The first-order valence-corrected chi connectivity index (χ1v) is 10.0. The van der Waals surface area contributed by atoms with Crippen molar-refractivity contribution in [3.63, 3.8) is 0 Å². The van der Waals surface area contributed by atoms with E-state index < -0.39 is 15.9 Å².